The van der Waals surface area contributed by atoms with Crippen LogP contribution in [0.5, 0.6) is 0 Å². The second kappa shape index (κ2) is 7.77. The van der Waals surface area contributed by atoms with Crippen LogP contribution in [-0.4, -0.2) is 40.8 Å². The lowest BCUT2D eigenvalue weighted by molar-refractivity contribution is -0.0491. The van der Waals surface area contributed by atoms with Crippen LogP contribution in [0.4, 0.5) is 4.79 Å². The Bertz CT molecular complexity index is 491. The number of likely N-dealkylation sites (tertiary alicyclic amines) is 1. The number of nitrogens with zero attached hydrogens (tertiary/aromatic N) is 2. The van der Waals surface area contributed by atoms with Crippen molar-refractivity contribution in [2.75, 3.05) is 13.1 Å². The molecule has 0 aromatic carbocycles. The van der Waals surface area contributed by atoms with Crippen molar-refractivity contribution in [2.45, 2.75) is 64.8 Å². The van der Waals surface area contributed by atoms with Crippen LogP contribution in [0.15, 0.2) is 24.5 Å². The number of aromatic nitrogens is 1. The maximum absolute atomic E-state index is 12.1. The number of ether oxygens (including phenoxy) is 2. The summed E-state index contributed by atoms with van der Waals surface area (Å²) in [6.07, 6.45) is 6.26. The van der Waals surface area contributed by atoms with Gasteiger partial charge in [0.25, 0.3) is 0 Å². The molecule has 2 heterocycles. The minimum Gasteiger partial charge on any atom is -0.444 e. The average molecular weight is 320 g/mol. The SMILES string of the molecule is CCC(OC1CCN(C(=O)OC(C)(C)C)CC1)c1cccnc1. The molecule has 23 heavy (non-hydrogen) atoms. The third kappa shape index (κ3) is 5.50. The third-order valence-corrected chi connectivity index (χ3v) is 3.88. The fraction of sp³-hybridized carbons (Fsp3) is 0.667. The lowest BCUT2D eigenvalue weighted by Crippen LogP contribution is -2.43. The molecule has 1 aliphatic heterocycles. The fourth-order valence-electron chi connectivity index (χ4n) is 2.71. The summed E-state index contributed by atoms with van der Waals surface area (Å²) in [5, 5.41) is 0. The van der Waals surface area contributed by atoms with E-state index in [0.717, 1.165) is 24.8 Å². The molecule has 5 nitrogen and oxygen atoms in total. The molecule has 1 atom stereocenters. The maximum Gasteiger partial charge on any atom is 0.410 e. The van der Waals surface area contributed by atoms with Gasteiger partial charge in [-0.15, -0.1) is 0 Å². The number of amides is 1. The molecule has 0 bridgehead atoms. The number of rotatable bonds is 4. The molecular formula is C18H28N2O3. The number of carbonyl (C=O) groups is 1. The number of hydrogen-bond donors (Lipinski definition) is 0. The highest BCUT2D eigenvalue weighted by Gasteiger charge is 2.28. The van der Waals surface area contributed by atoms with E-state index in [4.69, 9.17) is 9.47 Å². The van der Waals surface area contributed by atoms with E-state index in [-0.39, 0.29) is 18.3 Å². The van der Waals surface area contributed by atoms with Crippen LogP contribution in [-0.2, 0) is 9.47 Å². The van der Waals surface area contributed by atoms with Crippen LogP contribution in [0, 0.1) is 0 Å². The Morgan fingerprint density at radius 1 is 1.39 bits per heavy atom. The summed E-state index contributed by atoms with van der Waals surface area (Å²) in [7, 11) is 0. The van der Waals surface area contributed by atoms with Gasteiger partial charge < -0.3 is 14.4 Å². The first-order valence-electron chi connectivity index (χ1n) is 8.42. The van der Waals surface area contributed by atoms with Crippen LogP contribution in [0.3, 0.4) is 0 Å². The lowest BCUT2D eigenvalue weighted by atomic mass is 10.1. The molecule has 1 aromatic heterocycles. The molecular weight excluding hydrogens is 292 g/mol. The van der Waals surface area contributed by atoms with Crippen LogP contribution in [0.2, 0.25) is 0 Å². The zero-order valence-electron chi connectivity index (χ0n) is 14.6. The smallest absolute Gasteiger partial charge is 0.410 e. The van der Waals surface area contributed by atoms with Crippen molar-refractivity contribution in [3.8, 4) is 0 Å². The molecule has 0 radical (unpaired) electrons. The summed E-state index contributed by atoms with van der Waals surface area (Å²) in [5.41, 5.74) is 0.669. The second-order valence-electron chi connectivity index (χ2n) is 6.99. The quantitative estimate of drug-likeness (QED) is 0.843. The molecule has 1 unspecified atom stereocenters. The lowest BCUT2D eigenvalue weighted by Gasteiger charge is -2.34. The van der Waals surface area contributed by atoms with Gasteiger partial charge in [0.05, 0.1) is 12.2 Å². The van der Waals surface area contributed by atoms with Crippen LogP contribution in [0.1, 0.15) is 58.6 Å². The van der Waals surface area contributed by atoms with Gasteiger partial charge in [-0.05, 0) is 51.7 Å². The highest BCUT2D eigenvalue weighted by Crippen LogP contribution is 2.26. The van der Waals surface area contributed by atoms with Gasteiger partial charge in [-0.25, -0.2) is 4.79 Å². The molecule has 1 amide bonds. The molecule has 0 N–H and O–H groups in total. The first kappa shape index (κ1) is 17.7. The Kier molecular flexibility index (Phi) is 5.99. The van der Waals surface area contributed by atoms with Crippen molar-refractivity contribution in [3.05, 3.63) is 30.1 Å². The van der Waals surface area contributed by atoms with Gasteiger partial charge in [0, 0.05) is 25.5 Å². The molecule has 1 saturated heterocycles. The standard InChI is InChI=1S/C18H28N2O3/c1-5-16(14-7-6-10-19-13-14)22-15-8-11-20(12-9-15)17(21)23-18(2,3)4/h6-7,10,13,15-16H,5,8-9,11-12H2,1-4H3. The fourth-order valence-corrected chi connectivity index (χ4v) is 2.71. The minimum absolute atomic E-state index is 0.0711. The van der Waals surface area contributed by atoms with Crippen molar-refractivity contribution >= 4 is 6.09 Å². The molecule has 0 aliphatic carbocycles. The summed E-state index contributed by atoms with van der Waals surface area (Å²) in [6, 6.07) is 3.99. The van der Waals surface area contributed by atoms with E-state index in [0.29, 0.717) is 13.1 Å². The van der Waals surface area contributed by atoms with E-state index in [1.807, 2.05) is 33.0 Å². The minimum atomic E-state index is -0.446. The van der Waals surface area contributed by atoms with Crippen molar-refractivity contribution in [2.24, 2.45) is 0 Å². The van der Waals surface area contributed by atoms with Gasteiger partial charge in [-0.2, -0.15) is 0 Å². The molecule has 5 heteroatoms. The Labute approximate surface area is 139 Å². The summed E-state index contributed by atoms with van der Waals surface area (Å²) in [5.74, 6) is 0. The Hall–Kier alpha value is -1.62. The number of piperidine rings is 1. The van der Waals surface area contributed by atoms with E-state index in [1.165, 1.54) is 0 Å². The van der Waals surface area contributed by atoms with E-state index >= 15 is 0 Å². The van der Waals surface area contributed by atoms with E-state index in [2.05, 4.69) is 18.0 Å². The maximum atomic E-state index is 12.1. The number of pyridine rings is 1. The van der Waals surface area contributed by atoms with E-state index in [1.54, 1.807) is 11.1 Å². The van der Waals surface area contributed by atoms with Crippen LogP contribution in [0.25, 0.3) is 0 Å². The van der Waals surface area contributed by atoms with Crippen molar-refractivity contribution in [3.63, 3.8) is 0 Å². The third-order valence-electron chi connectivity index (χ3n) is 3.88. The zero-order chi connectivity index (χ0) is 16.9. The molecule has 0 spiro atoms. The number of hydrogen-bond acceptors (Lipinski definition) is 4. The van der Waals surface area contributed by atoms with E-state index in [9.17, 15) is 4.79 Å². The Balaban J connectivity index is 1.83. The summed E-state index contributed by atoms with van der Waals surface area (Å²) in [4.78, 5) is 18.0. The van der Waals surface area contributed by atoms with Gasteiger partial charge in [-0.3, -0.25) is 4.98 Å². The highest BCUT2D eigenvalue weighted by molar-refractivity contribution is 5.68. The summed E-state index contributed by atoms with van der Waals surface area (Å²) >= 11 is 0. The molecule has 0 saturated carbocycles. The molecule has 1 aromatic rings. The van der Waals surface area contributed by atoms with Gasteiger partial charge in [0.15, 0.2) is 0 Å². The van der Waals surface area contributed by atoms with Gasteiger partial charge >= 0.3 is 6.09 Å². The van der Waals surface area contributed by atoms with Crippen LogP contribution >= 0.6 is 0 Å². The first-order valence-corrected chi connectivity index (χ1v) is 8.42. The largest absolute Gasteiger partial charge is 0.444 e. The monoisotopic (exact) mass is 320 g/mol. The predicted molar refractivity (Wildman–Crippen MR) is 89.2 cm³/mol. The van der Waals surface area contributed by atoms with Gasteiger partial charge in [-0.1, -0.05) is 13.0 Å². The second-order valence-corrected chi connectivity index (χ2v) is 6.99. The predicted octanol–water partition coefficient (Wildman–Crippen LogP) is 3.95. The van der Waals surface area contributed by atoms with Crippen molar-refractivity contribution < 1.29 is 14.3 Å². The van der Waals surface area contributed by atoms with Gasteiger partial charge in [0.1, 0.15) is 5.60 Å². The average Bonchev–Trinajstić information content (AvgIpc) is 2.52. The Morgan fingerprint density at radius 2 is 2.09 bits per heavy atom. The highest BCUT2D eigenvalue weighted by atomic mass is 16.6. The van der Waals surface area contributed by atoms with Gasteiger partial charge in [0.2, 0.25) is 0 Å². The number of carbonyl (C=O) groups excluding carboxylic acids is 1. The molecule has 1 fully saturated rings. The van der Waals surface area contributed by atoms with Crippen molar-refractivity contribution in [1.29, 1.82) is 0 Å². The molecule has 128 valence electrons. The zero-order valence-corrected chi connectivity index (χ0v) is 14.6. The summed E-state index contributed by atoms with van der Waals surface area (Å²) in [6.45, 7) is 9.15. The first-order chi connectivity index (χ1) is 10.9. The van der Waals surface area contributed by atoms with Crippen molar-refractivity contribution in [1.82, 2.24) is 9.88 Å². The Morgan fingerprint density at radius 3 is 2.61 bits per heavy atom. The molecule has 2 rings (SSSR count). The van der Waals surface area contributed by atoms with E-state index < -0.39 is 5.60 Å². The van der Waals surface area contributed by atoms with Crippen LogP contribution < -0.4 is 0 Å². The summed E-state index contributed by atoms with van der Waals surface area (Å²) < 4.78 is 11.7. The normalized spacial score (nSPS) is 17.8. The topological polar surface area (TPSA) is 51.7 Å². The molecule has 1 aliphatic rings.